The number of pyridine rings is 1. The van der Waals surface area contributed by atoms with Gasteiger partial charge in [-0.3, -0.25) is 0 Å². The Balaban J connectivity index is 1.71. The number of thiophene rings is 1. The summed E-state index contributed by atoms with van der Waals surface area (Å²) in [5, 5.41) is 5.18. The highest BCUT2D eigenvalue weighted by Crippen LogP contribution is 2.22. The van der Waals surface area contributed by atoms with Crippen LogP contribution in [0, 0.1) is 0 Å². The number of ether oxygens (including phenoxy) is 1. The fourth-order valence-corrected chi connectivity index (χ4v) is 5.29. The highest BCUT2D eigenvalue weighted by molar-refractivity contribution is 7.91. The summed E-state index contributed by atoms with van der Waals surface area (Å²) in [6.45, 7) is 1.61. The number of nitrogens with zero attached hydrogens (tertiary/aromatic N) is 2. The number of sulfonamides is 1. The van der Waals surface area contributed by atoms with Crippen molar-refractivity contribution in [2.75, 3.05) is 26.7 Å². The van der Waals surface area contributed by atoms with Gasteiger partial charge < -0.3 is 10.1 Å². The van der Waals surface area contributed by atoms with E-state index in [2.05, 4.69) is 10.3 Å². The van der Waals surface area contributed by atoms with E-state index < -0.39 is 10.0 Å². The van der Waals surface area contributed by atoms with Crippen LogP contribution in [0.5, 0.6) is 5.88 Å². The van der Waals surface area contributed by atoms with Crippen molar-refractivity contribution in [1.82, 2.24) is 14.6 Å². The fraction of sp³-hybridized carbons (Fsp3) is 0.400. The van der Waals surface area contributed by atoms with Crippen LogP contribution in [-0.4, -0.2) is 50.5 Å². The van der Waals surface area contributed by atoms with Gasteiger partial charge in [0.05, 0.1) is 7.11 Å². The summed E-state index contributed by atoms with van der Waals surface area (Å²) in [5.74, 6) is 0.571. The molecule has 0 saturated carbocycles. The minimum atomic E-state index is -3.38. The Hall–Kier alpha value is -1.48. The average molecular weight is 353 g/mol. The SMILES string of the molecule is COc1cc(CC2CN(S(=O)(=O)c3cccs3)CCN2)ccn1. The molecule has 0 aromatic carbocycles. The van der Waals surface area contributed by atoms with Crippen LogP contribution in [-0.2, 0) is 16.4 Å². The maximum atomic E-state index is 12.6. The molecule has 2 aromatic rings. The number of methoxy groups -OCH3 is 1. The highest BCUT2D eigenvalue weighted by Gasteiger charge is 2.30. The highest BCUT2D eigenvalue weighted by atomic mass is 32.2. The molecule has 1 saturated heterocycles. The van der Waals surface area contributed by atoms with Gasteiger partial charge in [0.25, 0.3) is 10.0 Å². The number of piperazine rings is 1. The lowest BCUT2D eigenvalue weighted by atomic mass is 10.1. The van der Waals surface area contributed by atoms with Crippen molar-refractivity contribution in [1.29, 1.82) is 0 Å². The van der Waals surface area contributed by atoms with E-state index in [1.54, 1.807) is 35.1 Å². The van der Waals surface area contributed by atoms with Gasteiger partial charge >= 0.3 is 0 Å². The Morgan fingerprint density at radius 1 is 1.48 bits per heavy atom. The zero-order valence-corrected chi connectivity index (χ0v) is 14.4. The molecule has 3 heterocycles. The minimum Gasteiger partial charge on any atom is -0.481 e. The molecule has 8 heteroatoms. The third-order valence-corrected chi connectivity index (χ3v) is 7.04. The lowest BCUT2D eigenvalue weighted by Gasteiger charge is -2.32. The summed E-state index contributed by atoms with van der Waals surface area (Å²) in [5.41, 5.74) is 1.07. The van der Waals surface area contributed by atoms with Crippen molar-refractivity contribution < 1.29 is 13.2 Å². The van der Waals surface area contributed by atoms with Crippen molar-refractivity contribution in [3.63, 3.8) is 0 Å². The minimum absolute atomic E-state index is 0.0746. The van der Waals surface area contributed by atoms with E-state index in [4.69, 9.17) is 4.74 Å². The van der Waals surface area contributed by atoms with Crippen molar-refractivity contribution in [3.05, 3.63) is 41.4 Å². The van der Waals surface area contributed by atoms with Gasteiger partial charge in [0, 0.05) is 37.9 Å². The first-order valence-electron chi connectivity index (χ1n) is 7.35. The maximum absolute atomic E-state index is 12.6. The molecule has 6 nitrogen and oxygen atoms in total. The Morgan fingerprint density at radius 2 is 2.35 bits per heavy atom. The first kappa shape index (κ1) is 16.4. The van der Waals surface area contributed by atoms with Crippen LogP contribution in [0.3, 0.4) is 0 Å². The molecule has 1 aliphatic heterocycles. The largest absolute Gasteiger partial charge is 0.481 e. The molecule has 1 N–H and O–H groups in total. The third-order valence-electron chi connectivity index (χ3n) is 3.80. The number of hydrogen-bond donors (Lipinski definition) is 1. The van der Waals surface area contributed by atoms with Crippen molar-refractivity contribution >= 4 is 21.4 Å². The first-order chi connectivity index (χ1) is 11.1. The van der Waals surface area contributed by atoms with E-state index in [1.165, 1.54) is 11.3 Å². The van der Waals surface area contributed by atoms with Crippen LogP contribution < -0.4 is 10.1 Å². The second-order valence-electron chi connectivity index (χ2n) is 5.36. The molecule has 1 fully saturated rings. The van der Waals surface area contributed by atoms with Crippen LogP contribution in [0.1, 0.15) is 5.56 Å². The van der Waals surface area contributed by atoms with E-state index in [0.717, 1.165) is 12.0 Å². The Bertz CT molecular complexity index is 747. The molecule has 0 aliphatic carbocycles. The first-order valence-corrected chi connectivity index (χ1v) is 9.67. The maximum Gasteiger partial charge on any atom is 0.252 e. The fourth-order valence-electron chi connectivity index (χ4n) is 2.66. The topological polar surface area (TPSA) is 71.5 Å². The molecule has 0 bridgehead atoms. The third kappa shape index (κ3) is 3.72. The smallest absolute Gasteiger partial charge is 0.252 e. The summed E-state index contributed by atoms with van der Waals surface area (Å²) in [6, 6.07) is 7.31. The number of nitrogens with one attached hydrogen (secondary N) is 1. The molecule has 2 aromatic heterocycles. The van der Waals surface area contributed by atoms with Crippen molar-refractivity contribution in [2.24, 2.45) is 0 Å². The molecule has 0 spiro atoms. The van der Waals surface area contributed by atoms with Gasteiger partial charge in [-0.25, -0.2) is 13.4 Å². The summed E-state index contributed by atoms with van der Waals surface area (Å²) in [6.07, 6.45) is 2.44. The normalized spacial score (nSPS) is 19.6. The van der Waals surface area contributed by atoms with E-state index in [0.29, 0.717) is 29.7 Å². The number of rotatable bonds is 5. The zero-order chi connectivity index (χ0) is 16.3. The van der Waals surface area contributed by atoms with Gasteiger partial charge in [0.1, 0.15) is 4.21 Å². The molecular formula is C15H19N3O3S2. The summed E-state index contributed by atoms with van der Waals surface area (Å²) >= 11 is 1.26. The summed E-state index contributed by atoms with van der Waals surface area (Å²) in [4.78, 5) is 4.09. The van der Waals surface area contributed by atoms with Crippen LogP contribution >= 0.6 is 11.3 Å². The second-order valence-corrected chi connectivity index (χ2v) is 8.47. The van der Waals surface area contributed by atoms with Gasteiger partial charge in [0.15, 0.2) is 0 Å². The van der Waals surface area contributed by atoms with Gasteiger partial charge in [-0.05, 0) is 29.5 Å². The van der Waals surface area contributed by atoms with E-state index in [9.17, 15) is 8.42 Å². The predicted molar refractivity (Wildman–Crippen MR) is 89.4 cm³/mol. The lowest BCUT2D eigenvalue weighted by Crippen LogP contribution is -2.53. The van der Waals surface area contributed by atoms with Crippen LogP contribution in [0.2, 0.25) is 0 Å². The molecule has 0 radical (unpaired) electrons. The van der Waals surface area contributed by atoms with E-state index in [1.807, 2.05) is 12.1 Å². The molecule has 3 rings (SSSR count). The molecule has 0 amide bonds. The van der Waals surface area contributed by atoms with Crippen molar-refractivity contribution in [3.8, 4) is 5.88 Å². The summed E-state index contributed by atoms with van der Waals surface area (Å²) in [7, 11) is -1.80. The van der Waals surface area contributed by atoms with Crippen LogP contribution in [0.15, 0.2) is 40.1 Å². The molecule has 124 valence electrons. The average Bonchev–Trinajstić information content (AvgIpc) is 3.10. The van der Waals surface area contributed by atoms with Crippen LogP contribution in [0.25, 0.3) is 0 Å². The summed E-state index contributed by atoms with van der Waals surface area (Å²) < 4.78 is 32.4. The standard InChI is InChI=1S/C15H19N3O3S2/c1-21-14-10-12(4-5-17-14)9-13-11-18(7-6-16-13)23(19,20)15-3-2-8-22-15/h2-5,8,10,13,16H,6-7,9,11H2,1H3. The van der Waals surface area contributed by atoms with Gasteiger partial charge in [0.2, 0.25) is 5.88 Å². The van der Waals surface area contributed by atoms with Gasteiger partial charge in [-0.15, -0.1) is 11.3 Å². The molecular weight excluding hydrogens is 334 g/mol. The van der Waals surface area contributed by atoms with E-state index in [-0.39, 0.29) is 6.04 Å². The molecule has 23 heavy (non-hydrogen) atoms. The Morgan fingerprint density at radius 3 is 3.09 bits per heavy atom. The van der Waals surface area contributed by atoms with Crippen LogP contribution in [0.4, 0.5) is 0 Å². The predicted octanol–water partition coefficient (Wildman–Crippen LogP) is 1.36. The monoisotopic (exact) mass is 353 g/mol. The lowest BCUT2D eigenvalue weighted by molar-refractivity contribution is 0.297. The zero-order valence-electron chi connectivity index (χ0n) is 12.8. The molecule has 1 aliphatic rings. The molecule has 1 atom stereocenters. The van der Waals surface area contributed by atoms with E-state index >= 15 is 0 Å². The Labute approximate surface area is 140 Å². The number of aromatic nitrogens is 1. The van der Waals surface area contributed by atoms with Crippen molar-refractivity contribution in [2.45, 2.75) is 16.7 Å². The second kappa shape index (κ2) is 6.96. The quantitative estimate of drug-likeness (QED) is 0.879. The Kier molecular flexibility index (Phi) is 4.96. The molecule has 1 unspecified atom stereocenters. The van der Waals surface area contributed by atoms with Gasteiger partial charge in [-0.1, -0.05) is 6.07 Å². The van der Waals surface area contributed by atoms with Gasteiger partial charge in [-0.2, -0.15) is 4.31 Å². The number of hydrogen-bond acceptors (Lipinski definition) is 6.